The van der Waals surface area contributed by atoms with Gasteiger partial charge in [-0.1, -0.05) is 11.6 Å². The van der Waals surface area contributed by atoms with Gasteiger partial charge in [-0.3, -0.25) is 4.72 Å². The molecule has 0 saturated heterocycles. The van der Waals surface area contributed by atoms with E-state index in [1.807, 2.05) is 0 Å². The van der Waals surface area contributed by atoms with Crippen LogP contribution < -0.4 is 4.72 Å². The summed E-state index contributed by atoms with van der Waals surface area (Å²) in [5, 5.41) is 0.209. The molecule has 0 aliphatic rings. The molecule has 4 nitrogen and oxygen atoms in total. The maximum atomic E-state index is 13.2. The van der Waals surface area contributed by atoms with Gasteiger partial charge in [0.25, 0.3) is 0 Å². The number of anilines is 1. The number of rotatable bonds is 3. The number of nitrogens with one attached hydrogen (secondary N) is 1. The fourth-order valence-corrected chi connectivity index (χ4v) is 1.59. The Bertz CT molecular complexity index is 462. The quantitative estimate of drug-likeness (QED) is 0.890. The summed E-state index contributed by atoms with van der Waals surface area (Å²) in [6.45, 7) is 0. The first-order chi connectivity index (χ1) is 6.83. The molecule has 1 rings (SSSR count). The molecule has 7 heteroatoms. The lowest BCUT2D eigenvalue weighted by Crippen LogP contribution is -2.29. The van der Waals surface area contributed by atoms with Crippen LogP contribution in [-0.4, -0.2) is 26.8 Å². The molecular weight excluding hydrogens is 243 g/mol. The fourth-order valence-electron chi connectivity index (χ4n) is 0.802. The average molecular weight is 253 g/mol. The number of benzene rings is 1. The minimum atomic E-state index is -3.69. The van der Waals surface area contributed by atoms with Crippen LogP contribution in [0.25, 0.3) is 0 Å². The van der Waals surface area contributed by atoms with Crippen LogP contribution >= 0.6 is 11.6 Å². The molecule has 0 heterocycles. The van der Waals surface area contributed by atoms with Crippen molar-refractivity contribution in [2.75, 3.05) is 18.8 Å². The third-order valence-electron chi connectivity index (χ3n) is 1.65. The van der Waals surface area contributed by atoms with Crippen LogP contribution in [0.5, 0.6) is 0 Å². The van der Waals surface area contributed by atoms with Crippen molar-refractivity contribution in [2.45, 2.75) is 0 Å². The van der Waals surface area contributed by atoms with Crippen molar-refractivity contribution in [1.82, 2.24) is 4.31 Å². The van der Waals surface area contributed by atoms with Gasteiger partial charge >= 0.3 is 10.2 Å². The van der Waals surface area contributed by atoms with Gasteiger partial charge in [-0.05, 0) is 18.2 Å². The summed E-state index contributed by atoms with van der Waals surface area (Å²) in [4.78, 5) is 0. The molecule has 1 aromatic rings. The molecule has 0 bridgehead atoms. The standard InChI is InChI=1S/C8H10ClFN2O2S/c1-12(2)15(13,14)11-8-4-3-6(9)5-7(8)10/h3-5,11H,1-2H3. The van der Waals surface area contributed by atoms with Crippen molar-refractivity contribution in [2.24, 2.45) is 0 Å². The van der Waals surface area contributed by atoms with Gasteiger partial charge in [0.05, 0.1) is 5.69 Å². The van der Waals surface area contributed by atoms with E-state index in [-0.39, 0.29) is 10.7 Å². The number of halogens is 2. The Morgan fingerprint density at radius 2 is 2.00 bits per heavy atom. The first-order valence-corrected chi connectivity index (χ1v) is 5.80. The smallest absolute Gasteiger partial charge is 0.268 e. The monoisotopic (exact) mass is 252 g/mol. The molecule has 15 heavy (non-hydrogen) atoms. The maximum Gasteiger partial charge on any atom is 0.301 e. The summed E-state index contributed by atoms with van der Waals surface area (Å²) in [5.41, 5.74) is -0.131. The molecular formula is C8H10ClFN2O2S. The normalized spacial score (nSPS) is 11.8. The van der Waals surface area contributed by atoms with Crippen LogP contribution in [0.2, 0.25) is 5.02 Å². The van der Waals surface area contributed by atoms with E-state index in [0.717, 1.165) is 10.4 Å². The summed E-state index contributed by atoms with van der Waals surface area (Å²) in [6.07, 6.45) is 0. The van der Waals surface area contributed by atoms with E-state index in [9.17, 15) is 12.8 Å². The van der Waals surface area contributed by atoms with Crippen molar-refractivity contribution >= 4 is 27.5 Å². The molecule has 1 aromatic carbocycles. The summed E-state index contributed by atoms with van der Waals surface area (Å²) in [5.74, 6) is -0.715. The van der Waals surface area contributed by atoms with Gasteiger partial charge in [0.1, 0.15) is 5.82 Å². The van der Waals surface area contributed by atoms with E-state index in [2.05, 4.69) is 4.72 Å². The molecule has 0 spiro atoms. The van der Waals surface area contributed by atoms with Gasteiger partial charge in [0, 0.05) is 19.1 Å². The van der Waals surface area contributed by atoms with E-state index < -0.39 is 16.0 Å². The van der Waals surface area contributed by atoms with E-state index in [1.165, 1.54) is 26.2 Å². The second kappa shape index (κ2) is 4.34. The Morgan fingerprint density at radius 1 is 1.40 bits per heavy atom. The second-order valence-corrected chi connectivity index (χ2v) is 5.33. The molecule has 84 valence electrons. The van der Waals surface area contributed by atoms with Crippen LogP contribution in [0.1, 0.15) is 0 Å². The molecule has 1 N–H and O–H groups in total. The SMILES string of the molecule is CN(C)S(=O)(=O)Nc1ccc(Cl)cc1F. The maximum absolute atomic E-state index is 13.2. The highest BCUT2D eigenvalue weighted by molar-refractivity contribution is 7.90. The van der Waals surface area contributed by atoms with Crippen molar-refractivity contribution in [3.8, 4) is 0 Å². The highest BCUT2D eigenvalue weighted by Crippen LogP contribution is 2.20. The van der Waals surface area contributed by atoms with Gasteiger partial charge in [-0.2, -0.15) is 12.7 Å². The van der Waals surface area contributed by atoms with Gasteiger partial charge in [-0.15, -0.1) is 0 Å². The van der Waals surface area contributed by atoms with Crippen LogP contribution in [-0.2, 0) is 10.2 Å². The summed E-state index contributed by atoms with van der Waals surface area (Å²) in [6, 6.07) is 3.70. The number of hydrogen-bond acceptors (Lipinski definition) is 2. The van der Waals surface area contributed by atoms with E-state index in [1.54, 1.807) is 0 Å². The fraction of sp³-hybridized carbons (Fsp3) is 0.250. The minimum Gasteiger partial charge on any atom is -0.268 e. The Labute approximate surface area is 92.8 Å². The topological polar surface area (TPSA) is 49.4 Å². The van der Waals surface area contributed by atoms with E-state index >= 15 is 0 Å². The van der Waals surface area contributed by atoms with Crippen molar-refractivity contribution < 1.29 is 12.8 Å². The Kier molecular flexibility index (Phi) is 3.54. The molecule has 0 aliphatic heterocycles. The van der Waals surface area contributed by atoms with E-state index in [0.29, 0.717) is 0 Å². The van der Waals surface area contributed by atoms with Gasteiger partial charge in [0.2, 0.25) is 0 Å². The van der Waals surface area contributed by atoms with Gasteiger partial charge in [-0.25, -0.2) is 4.39 Å². The lowest BCUT2D eigenvalue weighted by atomic mass is 10.3. The molecule has 0 unspecified atom stereocenters. The third-order valence-corrected chi connectivity index (χ3v) is 3.33. The molecule has 0 aliphatic carbocycles. The summed E-state index contributed by atoms with van der Waals surface area (Å²) < 4.78 is 38.9. The Morgan fingerprint density at radius 3 is 2.47 bits per heavy atom. The highest BCUT2D eigenvalue weighted by Gasteiger charge is 2.15. The molecule has 0 radical (unpaired) electrons. The predicted octanol–water partition coefficient (Wildman–Crippen LogP) is 1.70. The molecule has 0 atom stereocenters. The average Bonchev–Trinajstić information content (AvgIpc) is 2.09. The summed E-state index contributed by atoms with van der Waals surface area (Å²) >= 11 is 5.52. The Hall–Kier alpha value is -0.850. The van der Waals surface area contributed by atoms with Crippen molar-refractivity contribution in [3.63, 3.8) is 0 Å². The molecule has 0 amide bonds. The molecule has 0 aromatic heterocycles. The van der Waals surface area contributed by atoms with Gasteiger partial charge < -0.3 is 0 Å². The van der Waals surface area contributed by atoms with Crippen molar-refractivity contribution in [1.29, 1.82) is 0 Å². The first-order valence-electron chi connectivity index (χ1n) is 3.98. The second-order valence-electron chi connectivity index (χ2n) is 3.01. The van der Waals surface area contributed by atoms with E-state index in [4.69, 9.17) is 11.6 Å². The zero-order valence-corrected chi connectivity index (χ0v) is 9.73. The summed E-state index contributed by atoms with van der Waals surface area (Å²) in [7, 11) is -1.000. The minimum absolute atomic E-state index is 0.131. The molecule has 0 saturated carbocycles. The molecule has 0 fully saturated rings. The third kappa shape index (κ3) is 3.05. The predicted molar refractivity (Wildman–Crippen MR) is 57.6 cm³/mol. The first kappa shape index (κ1) is 12.2. The highest BCUT2D eigenvalue weighted by atomic mass is 35.5. The Balaban J connectivity index is 3.01. The lowest BCUT2D eigenvalue weighted by molar-refractivity contribution is 0.526. The van der Waals surface area contributed by atoms with Gasteiger partial charge in [0.15, 0.2) is 0 Å². The van der Waals surface area contributed by atoms with Crippen LogP contribution in [0.3, 0.4) is 0 Å². The zero-order valence-electron chi connectivity index (χ0n) is 8.16. The number of hydrogen-bond donors (Lipinski definition) is 1. The number of nitrogens with zero attached hydrogens (tertiary/aromatic N) is 1. The largest absolute Gasteiger partial charge is 0.301 e. The zero-order chi connectivity index (χ0) is 11.6. The van der Waals surface area contributed by atoms with Crippen LogP contribution in [0.4, 0.5) is 10.1 Å². The lowest BCUT2D eigenvalue weighted by Gasteiger charge is -2.13. The van der Waals surface area contributed by atoms with Crippen molar-refractivity contribution in [3.05, 3.63) is 29.0 Å². The van der Waals surface area contributed by atoms with Crippen LogP contribution in [0.15, 0.2) is 18.2 Å². The van der Waals surface area contributed by atoms with Crippen LogP contribution in [0, 0.1) is 5.82 Å².